The standard InChI is InChI=1S/C21H23FN6O3/c1-23-28-11-15(21(30)31)19(29)14-6-12-7-16(22)18(8-17(12)25-20(14)28)27-9-13(10-27)26-4-2-24-3-5-26/h6-8,11,13,23-24H,2-5,9-10H2,1H3,(H,30,31). The number of nitrogens with one attached hydrogen (secondary N) is 2. The molecule has 0 unspecified atom stereocenters. The fourth-order valence-electron chi connectivity index (χ4n) is 4.41. The van der Waals surface area contributed by atoms with Gasteiger partial charge in [-0.1, -0.05) is 0 Å². The Morgan fingerprint density at radius 3 is 2.68 bits per heavy atom. The fraction of sp³-hybridized carbons (Fsp3) is 0.381. The summed E-state index contributed by atoms with van der Waals surface area (Å²) in [5.41, 5.74) is 3.14. The monoisotopic (exact) mass is 426 g/mol. The van der Waals surface area contributed by atoms with Crippen LogP contribution >= 0.6 is 0 Å². The van der Waals surface area contributed by atoms with Gasteiger partial charge >= 0.3 is 5.97 Å². The van der Waals surface area contributed by atoms with E-state index in [9.17, 15) is 19.1 Å². The lowest BCUT2D eigenvalue weighted by Gasteiger charge is -2.48. The van der Waals surface area contributed by atoms with E-state index in [2.05, 4.69) is 20.6 Å². The molecule has 0 bridgehead atoms. The van der Waals surface area contributed by atoms with Crippen molar-refractivity contribution in [3.63, 3.8) is 0 Å². The third kappa shape index (κ3) is 3.28. The molecule has 162 valence electrons. The summed E-state index contributed by atoms with van der Waals surface area (Å²) in [6, 6.07) is 5.00. The molecule has 4 heterocycles. The zero-order chi connectivity index (χ0) is 21.7. The second kappa shape index (κ2) is 7.47. The molecule has 2 aliphatic heterocycles. The van der Waals surface area contributed by atoms with E-state index in [-0.39, 0.29) is 16.8 Å². The second-order valence-corrected chi connectivity index (χ2v) is 7.97. The number of halogens is 1. The van der Waals surface area contributed by atoms with Gasteiger partial charge in [-0.15, -0.1) is 0 Å². The quantitative estimate of drug-likeness (QED) is 0.523. The van der Waals surface area contributed by atoms with Gasteiger partial charge in [-0.05, 0) is 18.2 Å². The molecule has 1 aromatic carbocycles. The molecule has 3 N–H and O–H groups in total. The fourth-order valence-corrected chi connectivity index (χ4v) is 4.41. The van der Waals surface area contributed by atoms with Gasteiger partial charge in [0.15, 0.2) is 5.65 Å². The molecule has 2 aliphatic rings. The van der Waals surface area contributed by atoms with Gasteiger partial charge in [0.2, 0.25) is 5.43 Å². The van der Waals surface area contributed by atoms with Crippen LogP contribution in [0.4, 0.5) is 10.1 Å². The van der Waals surface area contributed by atoms with Crippen molar-refractivity contribution in [2.24, 2.45) is 0 Å². The van der Waals surface area contributed by atoms with Gasteiger partial charge in [0.25, 0.3) is 0 Å². The Morgan fingerprint density at radius 2 is 2.00 bits per heavy atom. The molecule has 0 atom stereocenters. The number of carbonyl (C=O) groups is 1. The van der Waals surface area contributed by atoms with Crippen molar-refractivity contribution in [2.45, 2.75) is 6.04 Å². The maximum Gasteiger partial charge on any atom is 0.341 e. The number of benzene rings is 1. The number of aromatic nitrogens is 2. The smallest absolute Gasteiger partial charge is 0.341 e. The Balaban J connectivity index is 1.53. The molecule has 0 aliphatic carbocycles. The van der Waals surface area contributed by atoms with Crippen LogP contribution in [0.5, 0.6) is 0 Å². The number of piperazine rings is 1. The highest BCUT2D eigenvalue weighted by Gasteiger charge is 2.33. The van der Waals surface area contributed by atoms with Crippen LogP contribution in [-0.4, -0.2) is 78.0 Å². The van der Waals surface area contributed by atoms with Gasteiger partial charge in [0, 0.05) is 63.9 Å². The van der Waals surface area contributed by atoms with E-state index in [0.29, 0.717) is 28.3 Å². The van der Waals surface area contributed by atoms with Gasteiger partial charge in [0.05, 0.1) is 16.6 Å². The van der Waals surface area contributed by atoms with E-state index >= 15 is 0 Å². The first-order valence-electron chi connectivity index (χ1n) is 10.3. The van der Waals surface area contributed by atoms with E-state index in [1.54, 1.807) is 13.1 Å². The summed E-state index contributed by atoms with van der Waals surface area (Å²) in [7, 11) is 1.60. The molecule has 10 heteroatoms. The van der Waals surface area contributed by atoms with E-state index in [4.69, 9.17) is 0 Å². The Bertz CT molecular complexity index is 1250. The van der Waals surface area contributed by atoms with Gasteiger partial charge in [-0.2, -0.15) is 0 Å². The predicted molar refractivity (Wildman–Crippen MR) is 116 cm³/mol. The van der Waals surface area contributed by atoms with Crippen molar-refractivity contribution in [1.29, 1.82) is 0 Å². The van der Waals surface area contributed by atoms with Crippen LogP contribution < -0.4 is 21.1 Å². The largest absolute Gasteiger partial charge is 0.477 e. The first-order chi connectivity index (χ1) is 15.0. The molecule has 2 fully saturated rings. The molecule has 5 rings (SSSR count). The molecule has 0 radical (unpaired) electrons. The predicted octanol–water partition coefficient (Wildman–Crippen LogP) is 0.654. The average Bonchev–Trinajstić information content (AvgIpc) is 2.73. The van der Waals surface area contributed by atoms with Crippen molar-refractivity contribution in [3.8, 4) is 0 Å². The number of pyridine rings is 2. The Morgan fingerprint density at radius 1 is 1.26 bits per heavy atom. The summed E-state index contributed by atoms with van der Waals surface area (Å²) in [6.45, 7) is 5.50. The Kier molecular flexibility index (Phi) is 4.75. The van der Waals surface area contributed by atoms with E-state index in [0.717, 1.165) is 39.3 Å². The highest BCUT2D eigenvalue weighted by Crippen LogP contribution is 2.31. The molecule has 31 heavy (non-hydrogen) atoms. The number of fused-ring (bicyclic) bond motifs is 2. The van der Waals surface area contributed by atoms with Crippen LogP contribution in [-0.2, 0) is 0 Å². The van der Waals surface area contributed by atoms with Gasteiger partial charge in [-0.25, -0.2) is 18.8 Å². The number of carboxylic acids is 1. The van der Waals surface area contributed by atoms with Crippen molar-refractivity contribution in [2.75, 3.05) is 56.6 Å². The zero-order valence-electron chi connectivity index (χ0n) is 17.1. The van der Waals surface area contributed by atoms with Crippen LogP contribution in [0.1, 0.15) is 10.4 Å². The van der Waals surface area contributed by atoms with Crippen LogP contribution in [0.15, 0.2) is 29.2 Å². The lowest BCUT2D eigenvalue weighted by Crippen LogP contribution is -2.63. The van der Waals surface area contributed by atoms with Crippen molar-refractivity contribution < 1.29 is 14.3 Å². The number of hydrogen-bond acceptors (Lipinski definition) is 7. The lowest BCUT2D eigenvalue weighted by atomic mass is 10.0. The molecule has 2 aromatic heterocycles. The maximum atomic E-state index is 14.9. The average molecular weight is 426 g/mol. The number of anilines is 1. The summed E-state index contributed by atoms with van der Waals surface area (Å²) < 4.78 is 16.3. The van der Waals surface area contributed by atoms with Crippen LogP contribution in [0.2, 0.25) is 0 Å². The summed E-state index contributed by atoms with van der Waals surface area (Å²) in [6.07, 6.45) is 1.21. The van der Waals surface area contributed by atoms with Gasteiger partial charge < -0.3 is 20.7 Å². The second-order valence-electron chi connectivity index (χ2n) is 7.97. The zero-order valence-corrected chi connectivity index (χ0v) is 17.1. The van der Waals surface area contributed by atoms with E-state index < -0.39 is 11.4 Å². The molecule has 2 saturated heterocycles. The summed E-state index contributed by atoms with van der Waals surface area (Å²) in [4.78, 5) is 33.0. The van der Waals surface area contributed by atoms with Crippen molar-refractivity contribution in [1.82, 2.24) is 19.9 Å². The topological polar surface area (TPSA) is 103 Å². The summed E-state index contributed by atoms with van der Waals surface area (Å²) in [5.74, 6) is -1.70. The minimum Gasteiger partial charge on any atom is -0.477 e. The summed E-state index contributed by atoms with van der Waals surface area (Å²) in [5, 5.41) is 13.2. The first-order valence-corrected chi connectivity index (χ1v) is 10.3. The van der Waals surface area contributed by atoms with Crippen LogP contribution in [0.25, 0.3) is 21.9 Å². The lowest BCUT2D eigenvalue weighted by molar-refractivity contribution is 0.0695. The third-order valence-electron chi connectivity index (χ3n) is 6.18. The highest BCUT2D eigenvalue weighted by atomic mass is 19.1. The van der Waals surface area contributed by atoms with Crippen molar-refractivity contribution >= 4 is 33.6 Å². The van der Waals surface area contributed by atoms with Crippen molar-refractivity contribution in [3.05, 3.63) is 46.0 Å². The molecule has 3 aromatic rings. The normalized spacial score (nSPS) is 17.8. The molecule has 0 spiro atoms. The minimum absolute atomic E-state index is 0.122. The third-order valence-corrected chi connectivity index (χ3v) is 6.18. The molecule has 0 amide bonds. The molecular weight excluding hydrogens is 403 g/mol. The van der Waals surface area contributed by atoms with E-state index in [1.165, 1.54) is 23.0 Å². The number of hydrogen-bond donors (Lipinski definition) is 3. The number of rotatable bonds is 4. The molecular formula is C21H23FN6O3. The van der Waals surface area contributed by atoms with Crippen LogP contribution in [0, 0.1) is 5.82 Å². The highest BCUT2D eigenvalue weighted by molar-refractivity contribution is 5.97. The Labute approximate surface area is 177 Å². The minimum atomic E-state index is -1.32. The Hall–Kier alpha value is -3.24. The maximum absolute atomic E-state index is 14.9. The molecule has 0 saturated carbocycles. The van der Waals surface area contributed by atoms with Crippen LogP contribution in [0.3, 0.4) is 0 Å². The van der Waals surface area contributed by atoms with Gasteiger partial charge in [0.1, 0.15) is 11.4 Å². The number of nitrogens with zero attached hydrogens (tertiary/aromatic N) is 4. The number of carboxylic acid groups (broad SMARTS) is 1. The summed E-state index contributed by atoms with van der Waals surface area (Å²) >= 11 is 0. The van der Waals surface area contributed by atoms with Gasteiger partial charge in [-0.3, -0.25) is 9.69 Å². The number of aromatic carboxylic acids is 1. The van der Waals surface area contributed by atoms with E-state index in [1.807, 2.05) is 4.90 Å². The SMILES string of the molecule is CNn1cc(C(=O)O)c(=O)c2cc3cc(F)c(N4CC(N5CCNCC5)C4)cc3nc21. The molecule has 9 nitrogen and oxygen atoms in total. The first kappa shape index (κ1) is 19.7.